The summed E-state index contributed by atoms with van der Waals surface area (Å²) in [4.78, 5) is 0. The van der Waals surface area contributed by atoms with Crippen LogP contribution in [0.2, 0.25) is 0 Å². The first-order valence-electron chi connectivity index (χ1n) is 5.77. The van der Waals surface area contributed by atoms with Crippen LogP contribution in [0.1, 0.15) is 23.6 Å². The number of aryl methyl sites for hydroxylation is 1. The van der Waals surface area contributed by atoms with Crippen LogP contribution in [-0.4, -0.2) is 25.7 Å². The zero-order valence-electron chi connectivity index (χ0n) is 9.95. The van der Waals surface area contributed by atoms with Gasteiger partial charge in [-0.05, 0) is 31.7 Å². The van der Waals surface area contributed by atoms with Crippen LogP contribution in [-0.2, 0) is 6.42 Å². The molecular weight excluding hydrogens is 218 g/mol. The SMILES string of the molecule is CNC(CSC)c1cccc2c1OCCC2. The summed E-state index contributed by atoms with van der Waals surface area (Å²) in [6.07, 6.45) is 4.43. The average molecular weight is 237 g/mol. The van der Waals surface area contributed by atoms with Crippen LogP contribution in [0, 0.1) is 0 Å². The molecule has 0 saturated heterocycles. The third-order valence-corrected chi connectivity index (χ3v) is 3.69. The molecule has 1 aliphatic rings. The molecule has 3 heteroatoms. The highest BCUT2D eigenvalue weighted by atomic mass is 32.2. The van der Waals surface area contributed by atoms with E-state index in [9.17, 15) is 0 Å². The quantitative estimate of drug-likeness (QED) is 0.870. The Morgan fingerprint density at radius 2 is 2.38 bits per heavy atom. The Hall–Kier alpha value is -0.670. The third-order valence-electron chi connectivity index (χ3n) is 3.02. The first kappa shape index (κ1) is 11.8. The maximum Gasteiger partial charge on any atom is 0.127 e. The van der Waals surface area contributed by atoms with Crippen LogP contribution in [0.15, 0.2) is 18.2 Å². The molecule has 0 amide bonds. The van der Waals surface area contributed by atoms with Gasteiger partial charge < -0.3 is 10.1 Å². The number of hydrogen-bond acceptors (Lipinski definition) is 3. The second-order valence-corrected chi connectivity index (χ2v) is 4.99. The molecule has 1 aromatic carbocycles. The van der Waals surface area contributed by atoms with E-state index in [4.69, 9.17) is 4.74 Å². The Morgan fingerprint density at radius 1 is 1.50 bits per heavy atom. The van der Waals surface area contributed by atoms with Gasteiger partial charge in [0.05, 0.1) is 6.61 Å². The van der Waals surface area contributed by atoms with Crippen LogP contribution in [0.25, 0.3) is 0 Å². The number of benzene rings is 1. The summed E-state index contributed by atoms with van der Waals surface area (Å²) in [5.41, 5.74) is 2.68. The van der Waals surface area contributed by atoms with Crippen molar-refractivity contribution in [3.8, 4) is 5.75 Å². The molecule has 0 spiro atoms. The van der Waals surface area contributed by atoms with E-state index in [1.54, 1.807) is 0 Å². The molecule has 88 valence electrons. The molecule has 0 fully saturated rings. The molecule has 1 aromatic rings. The standard InChI is InChI=1S/C13H19NOS/c1-14-12(9-16-2)11-7-3-5-10-6-4-8-15-13(10)11/h3,5,7,12,14H,4,6,8-9H2,1-2H3. The fourth-order valence-corrected chi connectivity index (χ4v) is 2.86. The van der Waals surface area contributed by atoms with E-state index in [0.29, 0.717) is 6.04 Å². The molecule has 16 heavy (non-hydrogen) atoms. The van der Waals surface area contributed by atoms with Crippen LogP contribution in [0.3, 0.4) is 0 Å². The van der Waals surface area contributed by atoms with Crippen molar-refractivity contribution in [3.63, 3.8) is 0 Å². The van der Waals surface area contributed by atoms with E-state index in [1.807, 2.05) is 18.8 Å². The number of nitrogens with one attached hydrogen (secondary N) is 1. The number of ether oxygens (including phenoxy) is 1. The minimum atomic E-state index is 0.392. The first-order valence-corrected chi connectivity index (χ1v) is 7.17. The molecule has 1 N–H and O–H groups in total. The lowest BCUT2D eigenvalue weighted by Gasteiger charge is -2.24. The third kappa shape index (κ3) is 2.36. The predicted octanol–water partition coefficient (Wildman–Crippen LogP) is 2.64. The number of rotatable bonds is 4. The maximum atomic E-state index is 5.83. The minimum Gasteiger partial charge on any atom is -0.493 e. The second kappa shape index (κ2) is 5.60. The van der Waals surface area contributed by atoms with Gasteiger partial charge in [-0.2, -0.15) is 11.8 Å². The number of hydrogen-bond donors (Lipinski definition) is 1. The second-order valence-electron chi connectivity index (χ2n) is 4.08. The lowest BCUT2D eigenvalue weighted by atomic mass is 9.99. The summed E-state index contributed by atoms with van der Waals surface area (Å²) in [5, 5.41) is 3.37. The van der Waals surface area contributed by atoms with Gasteiger partial charge in [0.15, 0.2) is 0 Å². The zero-order chi connectivity index (χ0) is 11.4. The van der Waals surface area contributed by atoms with Crippen LogP contribution >= 0.6 is 11.8 Å². The molecule has 1 unspecified atom stereocenters. The number of para-hydroxylation sites is 1. The van der Waals surface area contributed by atoms with E-state index in [2.05, 4.69) is 29.8 Å². The normalized spacial score (nSPS) is 16.4. The smallest absolute Gasteiger partial charge is 0.127 e. The average Bonchev–Trinajstić information content (AvgIpc) is 2.35. The van der Waals surface area contributed by atoms with Gasteiger partial charge in [0.2, 0.25) is 0 Å². The Bertz CT molecular complexity index is 354. The molecule has 0 bridgehead atoms. The lowest BCUT2D eigenvalue weighted by molar-refractivity contribution is 0.283. The van der Waals surface area contributed by atoms with E-state index in [1.165, 1.54) is 11.1 Å². The molecule has 1 aliphatic heterocycles. The molecule has 0 radical (unpaired) electrons. The Balaban J connectivity index is 2.31. The topological polar surface area (TPSA) is 21.3 Å². The molecule has 2 rings (SSSR count). The van der Waals surface area contributed by atoms with E-state index < -0.39 is 0 Å². The van der Waals surface area contributed by atoms with Gasteiger partial charge in [0.25, 0.3) is 0 Å². The Morgan fingerprint density at radius 3 is 3.12 bits per heavy atom. The fraction of sp³-hybridized carbons (Fsp3) is 0.538. The van der Waals surface area contributed by atoms with Crippen molar-refractivity contribution in [3.05, 3.63) is 29.3 Å². The highest BCUT2D eigenvalue weighted by molar-refractivity contribution is 7.98. The van der Waals surface area contributed by atoms with Gasteiger partial charge in [-0.3, -0.25) is 0 Å². The van der Waals surface area contributed by atoms with Crippen molar-refractivity contribution in [2.45, 2.75) is 18.9 Å². The van der Waals surface area contributed by atoms with Crippen LogP contribution in [0.5, 0.6) is 5.75 Å². The molecule has 2 nitrogen and oxygen atoms in total. The molecule has 0 aliphatic carbocycles. The summed E-state index contributed by atoms with van der Waals surface area (Å²) >= 11 is 1.86. The van der Waals surface area contributed by atoms with Gasteiger partial charge in [0.1, 0.15) is 5.75 Å². The zero-order valence-corrected chi connectivity index (χ0v) is 10.8. The lowest BCUT2D eigenvalue weighted by Crippen LogP contribution is -2.21. The summed E-state index contributed by atoms with van der Waals surface area (Å²) in [5.74, 6) is 2.21. The molecule has 0 saturated carbocycles. The van der Waals surface area contributed by atoms with Gasteiger partial charge in [-0.25, -0.2) is 0 Å². The highest BCUT2D eigenvalue weighted by Gasteiger charge is 2.19. The van der Waals surface area contributed by atoms with Crippen LogP contribution < -0.4 is 10.1 Å². The molecular formula is C13H19NOS. The largest absolute Gasteiger partial charge is 0.493 e. The van der Waals surface area contributed by atoms with Crippen molar-refractivity contribution >= 4 is 11.8 Å². The summed E-state index contributed by atoms with van der Waals surface area (Å²) < 4.78 is 5.83. The maximum absolute atomic E-state index is 5.83. The summed E-state index contributed by atoms with van der Waals surface area (Å²) in [7, 11) is 2.02. The van der Waals surface area contributed by atoms with Crippen molar-refractivity contribution in [1.29, 1.82) is 0 Å². The van der Waals surface area contributed by atoms with E-state index in [0.717, 1.165) is 31.0 Å². The fourth-order valence-electron chi connectivity index (χ4n) is 2.18. The van der Waals surface area contributed by atoms with Crippen molar-refractivity contribution in [2.75, 3.05) is 25.7 Å². The van der Waals surface area contributed by atoms with Crippen molar-refractivity contribution < 1.29 is 4.74 Å². The predicted molar refractivity (Wildman–Crippen MR) is 70.4 cm³/mol. The number of thioether (sulfide) groups is 1. The van der Waals surface area contributed by atoms with Gasteiger partial charge in [-0.1, -0.05) is 18.2 Å². The van der Waals surface area contributed by atoms with Crippen molar-refractivity contribution in [2.24, 2.45) is 0 Å². The van der Waals surface area contributed by atoms with Gasteiger partial charge in [0, 0.05) is 17.4 Å². The van der Waals surface area contributed by atoms with E-state index >= 15 is 0 Å². The Labute approximate surface area is 102 Å². The summed E-state index contributed by atoms with van der Waals surface area (Å²) in [6.45, 7) is 0.861. The number of fused-ring (bicyclic) bond motifs is 1. The van der Waals surface area contributed by atoms with Crippen molar-refractivity contribution in [1.82, 2.24) is 5.32 Å². The first-order chi connectivity index (χ1) is 7.86. The molecule has 1 atom stereocenters. The Kier molecular flexibility index (Phi) is 4.13. The van der Waals surface area contributed by atoms with Crippen LogP contribution in [0.4, 0.5) is 0 Å². The monoisotopic (exact) mass is 237 g/mol. The minimum absolute atomic E-state index is 0.392. The van der Waals surface area contributed by atoms with Gasteiger partial charge in [-0.15, -0.1) is 0 Å². The van der Waals surface area contributed by atoms with E-state index in [-0.39, 0.29) is 0 Å². The highest BCUT2D eigenvalue weighted by Crippen LogP contribution is 2.33. The summed E-state index contributed by atoms with van der Waals surface area (Å²) in [6, 6.07) is 6.90. The molecule has 1 heterocycles. The van der Waals surface area contributed by atoms with Gasteiger partial charge >= 0.3 is 0 Å². The molecule has 0 aromatic heterocycles.